The fourth-order valence-corrected chi connectivity index (χ4v) is 6.91. The molecular weight excluding hydrogens is 542 g/mol. The fraction of sp³-hybridized carbons (Fsp3) is 0.606. The van der Waals surface area contributed by atoms with Crippen molar-refractivity contribution < 1.29 is 14.3 Å². The first-order valence-electron chi connectivity index (χ1n) is 16.1. The molecular formula is C33H47N7O3. The van der Waals surface area contributed by atoms with E-state index in [9.17, 15) is 9.59 Å². The van der Waals surface area contributed by atoms with E-state index in [1.807, 2.05) is 48.2 Å². The molecule has 2 aliphatic carbocycles. The number of benzene rings is 1. The number of nitrogens with zero attached hydrogens (tertiary/aromatic N) is 5. The lowest BCUT2D eigenvalue weighted by molar-refractivity contribution is -0.119. The number of pyridine rings is 1. The number of piperazine rings is 1. The molecule has 6 rings (SSSR count). The van der Waals surface area contributed by atoms with Gasteiger partial charge < -0.3 is 30.1 Å². The Morgan fingerprint density at radius 2 is 1.79 bits per heavy atom. The molecule has 2 aliphatic heterocycles. The molecule has 1 aromatic carbocycles. The van der Waals surface area contributed by atoms with Crippen molar-refractivity contribution in [3.63, 3.8) is 0 Å². The van der Waals surface area contributed by atoms with E-state index in [1.165, 1.54) is 45.6 Å². The van der Waals surface area contributed by atoms with E-state index in [4.69, 9.17) is 9.72 Å². The zero-order chi connectivity index (χ0) is 29.9. The summed E-state index contributed by atoms with van der Waals surface area (Å²) < 4.78 is 5.28. The van der Waals surface area contributed by atoms with E-state index in [0.717, 1.165) is 48.8 Å². The van der Waals surface area contributed by atoms with Gasteiger partial charge >= 0.3 is 0 Å². The number of nitrogens with one attached hydrogen (secondary N) is 2. The number of carbonyl (C=O) groups is 2. The van der Waals surface area contributed by atoms with Crippen LogP contribution in [0.2, 0.25) is 0 Å². The maximum Gasteiger partial charge on any atom is 0.251 e. The van der Waals surface area contributed by atoms with Crippen molar-refractivity contribution in [2.24, 2.45) is 5.92 Å². The molecule has 2 aromatic rings. The van der Waals surface area contributed by atoms with Crippen molar-refractivity contribution in [2.45, 2.75) is 63.6 Å². The molecule has 0 unspecified atom stereocenters. The topological polar surface area (TPSA) is 93.3 Å². The summed E-state index contributed by atoms with van der Waals surface area (Å²) in [4.78, 5) is 39.9. The third-order valence-electron chi connectivity index (χ3n) is 9.75. The van der Waals surface area contributed by atoms with Crippen LogP contribution in [0.5, 0.6) is 0 Å². The van der Waals surface area contributed by atoms with Gasteiger partial charge in [0.25, 0.3) is 5.91 Å². The molecule has 1 saturated heterocycles. The fourth-order valence-electron chi connectivity index (χ4n) is 6.91. The number of anilines is 4. The van der Waals surface area contributed by atoms with Crippen molar-refractivity contribution in [3.05, 3.63) is 42.0 Å². The smallest absolute Gasteiger partial charge is 0.251 e. The molecule has 3 heterocycles. The van der Waals surface area contributed by atoms with Gasteiger partial charge in [-0.15, -0.1) is 0 Å². The second-order valence-corrected chi connectivity index (χ2v) is 12.8. The Hall–Kier alpha value is -3.21. The highest BCUT2D eigenvalue weighted by Gasteiger charge is 2.35. The number of amides is 2. The number of methoxy groups -OCH3 is 1. The van der Waals surface area contributed by atoms with Gasteiger partial charge in [0.05, 0.1) is 12.3 Å². The molecule has 0 spiro atoms. The van der Waals surface area contributed by atoms with Gasteiger partial charge in [-0.05, 0) is 81.7 Å². The zero-order valence-electron chi connectivity index (χ0n) is 25.9. The third-order valence-corrected chi connectivity index (χ3v) is 9.75. The van der Waals surface area contributed by atoms with Gasteiger partial charge in [0, 0.05) is 76.8 Å². The number of carbonyl (C=O) groups excluding carboxylic acids is 2. The molecule has 43 heavy (non-hydrogen) atoms. The molecule has 0 bridgehead atoms. The summed E-state index contributed by atoms with van der Waals surface area (Å²) in [5, 5.41) is 6.67. The number of aromatic nitrogens is 1. The lowest BCUT2D eigenvalue weighted by atomic mass is 9.89. The predicted octanol–water partition coefficient (Wildman–Crippen LogP) is 3.71. The Morgan fingerprint density at radius 1 is 1.02 bits per heavy atom. The average molecular weight is 590 g/mol. The molecule has 1 atom stereocenters. The SMILES string of the molecule is COCCN1c2nc(Nc3cccc(C(=O)N[C@H]4CC[C@H](N5CCN(CC6CC6)CC5)CC4)c3)ccc2N(C)C(=O)[C@H]1C. The van der Waals surface area contributed by atoms with E-state index in [2.05, 4.69) is 20.4 Å². The van der Waals surface area contributed by atoms with E-state index in [-0.39, 0.29) is 23.9 Å². The Kier molecular flexibility index (Phi) is 9.16. The second kappa shape index (κ2) is 13.2. The summed E-state index contributed by atoms with van der Waals surface area (Å²) in [5.74, 6) is 2.36. The van der Waals surface area contributed by atoms with E-state index in [1.54, 1.807) is 19.1 Å². The standard InChI is InChI=1S/C33H47N7O3/c1-23-33(42)37(2)29-13-14-30(36-31(29)40(23)19-20-43-3)34-27-6-4-5-25(21-27)32(41)35-26-9-11-28(12-10-26)39-17-15-38(16-18-39)22-24-7-8-24/h4-6,13-14,21,23-24,26,28H,7-12,15-20,22H2,1-3H3,(H,34,36)(H,35,41)/t23-,26-,28-/m1/s1. The van der Waals surface area contributed by atoms with Gasteiger partial charge in [0.1, 0.15) is 11.9 Å². The second-order valence-electron chi connectivity index (χ2n) is 12.8. The highest BCUT2D eigenvalue weighted by molar-refractivity contribution is 6.04. The van der Waals surface area contributed by atoms with Crippen LogP contribution in [0.4, 0.5) is 23.0 Å². The van der Waals surface area contributed by atoms with Crippen LogP contribution in [0.1, 0.15) is 55.8 Å². The minimum Gasteiger partial charge on any atom is -0.383 e. The van der Waals surface area contributed by atoms with E-state index >= 15 is 0 Å². The quantitative estimate of drug-likeness (QED) is 0.434. The van der Waals surface area contributed by atoms with E-state index in [0.29, 0.717) is 30.6 Å². The van der Waals surface area contributed by atoms with Gasteiger partial charge in [-0.3, -0.25) is 14.5 Å². The molecule has 2 amide bonds. The van der Waals surface area contributed by atoms with Crippen LogP contribution in [0, 0.1) is 5.92 Å². The lowest BCUT2D eigenvalue weighted by Gasteiger charge is -2.42. The first kappa shape index (κ1) is 29.8. The molecule has 232 valence electrons. The molecule has 2 saturated carbocycles. The number of fused-ring (bicyclic) bond motifs is 1. The van der Waals surface area contributed by atoms with Crippen LogP contribution < -0.4 is 20.4 Å². The van der Waals surface area contributed by atoms with Crippen LogP contribution in [0.25, 0.3) is 0 Å². The van der Waals surface area contributed by atoms with Gasteiger partial charge in [-0.2, -0.15) is 0 Å². The third kappa shape index (κ3) is 6.97. The first-order valence-corrected chi connectivity index (χ1v) is 16.1. The van der Waals surface area contributed by atoms with Crippen LogP contribution in [-0.2, 0) is 9.53 Å². The maximum absolute atomic E-state index is 13.2. The normalized spacial score (nSPS) is 25.0. The Morgan fingerprint density at radius 3 is 2.51 bits per heavy atom. The maximum atomic E-state index is 13.2. The molecule has 1 aromatic heterocycles. The van der Waals surface area contributed by atoms with Crippen molar-refractivity contribution in [3.8, 4) is 0 Å². The largest absolute Gasteiger partial charge is 0.383 e. The summed E-state index contributed by atoms with van der Waals surface area (Å²) in [6, 6.07) is 11.9. The monoisotopic (exact) mass is 589 g/mol. The average Bonchev–Trinajstić information content (AvgIpc) is 3.85. The Bertz CT molecular complexity index is 1290. The minimum absolute atomic E-state index is 0.0280. The molecule has 2 N–H and O–H groups in total. The Balaban J connectivity index is 1.03. The van der Waals surface area contributed by atoms with Crippen LogP contribution in [0.3, 0.4) is 0 Å². The molecule has 10 nitrogen and oxygen atoms in total. The highest BCUT2D eigenvalue weighted by atomic mass is 16.5. The summed E-state index contributed by atoms with van der Waals surface area (Å²) in [7, 11) is 3.44. The number of ether oxygens (including phenoxy) is 1. The van der Waals surface area contributed by atoms with Crippen molar-refractivity contribution in [2.75, 3.05) is 75.1 Å². The number of rotatable bonds is 10. The van der Waals surface area contributed by atoms with Crippen LogP contribution >= 0.6 is 0 Å². The van der Waals surface area contributed by atoms with Crippen LogP contribution in [0.15, 0.2) is 36.4 Å². The summed E-state index contributed by atoms with van der Waals surface area (Å²) in [5.41, 5.74) is 2.20. The molecule has 4 aliphatic rings. The van der Waals surface area contributed by atoms with Crippen molar-refractivity contribution >= 4 is 34.8 Å². The van der Waals surface area contributed by atoms with Gasteiger partial charge in [-0.1, -0.05) is 6.07 Å². The summed E-state index contributed by atoms with van der Waals surface area (Å²) in [6.07, 6.45) is 7.23. The first-order chi connectivity index (χ1) is 20.9. The molecule has 0 radical (unpaired) electrons. The summed E-state index contributed by atoms with van der Waals surface area (Å²) >= 11 is 0. The van der Waals surface area contributed by atoms with E-state index < -0.39 is 0 Å². The van der Waals surface area contributed by atoms with Crippen molar-refractivity contribution in [1.29, 1.82) is 0 Å². The number of hydrogen-bond acceptors (Lipinski definition) is 8. The Labute approximate surface area is 255 Å². The zero-order valence-corrected chi connectivity index (χ0v) is 25.9. The number of likely N-dealkylation sites (N-methyl/N-ethyl adjacent to an activating group) is 1. The molecule has 3 fully saturated rings. The van der Waals surface area contributed by atoms with Gasteiger partial charge in [0.15, 0.2) is 5.82 Å². The summed E-state index contributed by atoms with van der Waals surface area (Å²) in [6.45, 7) is 9.05. The van der Waals surface area contributed by atoms with Gasteiger partial charge in [0.2, 0.25) is 5.91 Å². The van der Waals surface area contributed by atoms with Crippen molar-refractivity contribution in [1.82, 2.24) is 20.1 Å². The lowest BCUT2D eigenvalue weighted by Crippen LogP contribution is -2.52. The molecule has 10 heteroatoms. The number of hydrogen-bond donors (Lipinski definition) is 2. The minimum atomic E-state index is -0.334. The predicted molar refractivity (Wildman–Crippen MR) is 170 cm³/mol. The highest BCUT2D eigenvalue weighted by Crippen LogP contribution is 2.35. The van der Waals surface area contributed by atoms with Gasteiger partial charge in [-0.25, -0.2) is 4.98 Å². The van der Waals surface area contributed by atoms with Crippen LogP contribution in [-0.4, -0.2) is 105 Å².